The Morgan fingerprint density at radius 1 is 1.80 bits per heavy atom. The highest BCUT2D eigenvalue weighted by atomic mass is 16.5. The van der Waals surface area contributed by atoms with Crippen molar-refractivity contribution in [1.82, 2.24) is 5.32 Å². The van der Waals surface area contributed by atoms with Crippen LogP contribution in [0, 0.1) is 5.92 Å². The molecule has 0 heterocycles. The van der Waals surface area contributed by atoms with Crippen LogP contribution in [0.4, 0.5) is 4.79 Å². The van der Waals surface area contributed by atoms with E-state index in [0.29, 0.717) is 5.92 Å². The summed E-state index contributed by atoms with van der Waals surface area (Å²) in [5.74, 6) is 0.589. The smallest absolute Gasteiger partial charge is 0.407 e. The van der Waals surface area contributed by atoms with E-state index in [4.69, 9.17) is 0 Å². The van der Waals surface area contributed by atoms with Crippen LogP contribution in [-0.2, 0) is 4.74 Å². The van der Waals surface area contributed by atoms with E-state index in [0.717, 1.165) is 6.42 Å². The fraction of sp³-hybridized carbons (Fsp3) is 0.857. The summed E-state index contributed by atoms with van der Waals surface area (Å²) in [4.78, 5) is 10.7. The van der Waals surface area contributed by atoms with Crippen LogP contribution in [0.5, 0.6) is 0 Å². The van der Waals surface area contributed by atoms with Crippen molar-refractivity contribution >= 4 is 6.09 Å². The third-order valence-electron chi connectivity index (χ3n) is 2.23. The van der Waals surface area contributed by atoms with Gasteiger partial charge in [-0.05, 0) is 19.3 Å². The summed E-state index contributed by atoms with van der Waals surface area (Å²) in [5, 5.41) is 2.77. The summed E-state index contributed by atoms with van der Waals surface area (Å²) in [6.07, 6.45) is 0.731. The van der Waals surface area contributed by atoms with E-state index in [1.54, 1.807) is 0 Å². The molecule has 1 saturated carbocycles. The Kier molecular flexibility index (Phi) is 1.58. The average Bonchev–Trinajstić information content (AvgIpc) is 2.40. The van der Waals surface area contributed by atoms with E-state index in [1.807, 2.05) is 6.92 Å². The molecule has 3 heteroatoms. The zero-order valence-corrected chi connectivity index (χ0v) is 6.60. The van der Waals surface area contributed by atoms with Gasteiger partial charge in [0, 0.05) is 5.54 Å². The van der Waals surface area contributed by atoms with Crippen LogP contribution in [0.25, 0.3) is 0 Å². The first-order valence-corrected chi connectivity index (χ1v) is 3.44. The van der Waals surface area contributed by atoms with Gasteiger partial charge in [-0.15, -0.1) is 0 Å². The Balaban J connectivity index is 2.33. The largest absolute Gasteiger partial charge is 0.453 e. The maximum Gasteiger partial charge on any atom is 0.407 e. The topological polar surface area (TPSA) is 38.3 Å². The van der Waals surface area contributed by atoms with Gasteiger partial charge in [0.05, 0.1) is 7.11 Å². The Hall–Kier alpha value is -0.730. The average molecular weight is 143 g/mol. The minimum atomic E-state index is -0.327. The first-order valence-electron chi connectivity index (χ1n) is 3.44. The number of hydrogen-bond acceptors (Lipinski definition) is 2. The van der Waals surface area contributed by atoms with Crippen molar-refractivity contribution in [1.29, 1.82) is 0 Å². The van der Waals surface area contributed by atoms with Crippen LogP contribution in [-0.4, -0.2) is 18.7 Å². The molecule has 1 aliphatic rings. The third kappa shape index (κ3) is 1.23. The second kappa shape index (κ2) is 2.15. The molecule has 0 saturated heterocycles. The third-order valence-corrected chi connectivity index (χ3v) is 2.23. The Labute approximate surface area is 60.7 Å². The summed E-state index contributed by atoms with van der Waals surface area (Å²) in [7, 11) is 1.38. The molecule has 0 aromatic heterocycles. The molecule has 1 amide bonds. The van der Waals surface area contributed by atoms with Crippen molar-refractivity contribution in [3.05, 3.63) is 0 Å². The van der Waals surface area contributed by atoms with Crippen molar-refractivity contribution in [3.8, 4) is 0 Å². The number of nitrogens with one attached hydrogen (secondary N) is 1. The molecule has 58 valence electrons. The molecule has 3 nitrogen and oxygen atoms in total. The number of amides is 1. The van der Waals surface area contributed by atoms with Crippen LogP contribution in [0.1, 0.15) is 20.3 Å². The first kappa shape index (κ1) is 7.38. The van der Waals surface area contributed by atoms with E-state index in [2.05, 4.69) is 17.0 Å². The molecule has 1 fully saturated rings. The van der Waals surface area contributed by atoms with Gasteiger partial charge in [-0.1, -0.05) is 6.92 Å². The second-order valence-corrected chi connectivity index (χ2v) is 3.14. The van der Waals surface area contributed by atoms with Crippen molar-refractivity contribution in [2.75, 3.05) is 7.11 Å². The summed E-state index contributed by atoms with van der Waals surface area (Å²) in [6, 6.07) is 0. The molecule has 2 unspecified atom stereocenters. The standard InChI is InChI=1S/C7H13NO2/c1-5-4-7(5,2)8-6(9)10-3/h5H,4H2,1-3H3,(H,8,9). The lowest BCUT2D eigenvalue weighted by atomic mass is 10.3. The summed E-state index contributed by atoms with van der Waals surface area (Å²) < 4.78 is 4.46. The highest BCUT2D eigenvalue weighted by Crippen LogP contribution is 2.42. The van der Waals surface area contributed by atoms with Gasteiger partial charge in [-0.25, -0.2) is 4.79 Å². The molecule has 0 aliphatic heterocycles. The van der Waals surface area contributed by atoms with E-state index >= 15 is 0 Å². The van der Waals surface area contributed by atoms with Gasteiger partial charge >= 0.3 is 6.09 Å². The van der Waals surface area contributed by atoms with Gasteiger partial charge in [0.25, 0.3) is 0 Å². The molecule has 1 rings (SSSR count). The van der Waals surface area contributed by atoms with Gasteiger partial charge in [0.1, 0.15) is 0 Å². The van der Waals surface area contributed by atoms with E-state index in [-0.39, 0.29) is 11.6 Å². The number of alkyl carbamates (subject to hydrolysis) is 1. The number of ether oxygens (including phenoxy) is 1. The zero-order valence-electron chi connectivity index (χ0n) is 6.60. The van der Waals surface area contributed by atoms with Gasteiger partial charge in [0.15, 0.2) is 0 Å². The van der Waals surface area contributed by atoms with Crippen LogP contribution in [0.2, 0.25) is 0 Å². The predicted octanol–water partition coefficient (Wildman–Crippen LogP) is 1.14. The second-order valence-electron chi connectivity index (χ2n) is 3.14. The number of rotatable bonds is 1. The predicted molar refractivity (Wildman–Crippen MR) is 37.7 cm³/mol. The van der Waals surface area contributed by atoms with Gasteiger partial charge < -0.3 is 10.1 Å². The maximum atomic E-state index is 10.7. The number of methoxy groups -OCH3 is 1. The minimum Gasteiger partial charge on any atom is -0.453 e. The van der Waals surface area contributed by atoms with Crippen molar-refractivity contribution in [3.63, 3.8) is 0 Å². The van der Waals surface area contributed by atoms with Crippen LogP contribution in [0.3, 0.4) is 0 Å². The highest BCUT2D eigenvalue weighted by molar-refractivity contribution is 5.68. The highest BCUT2D eigenvalue weighted by Gasteiger charge is 2.48. The summed E-state index contributed by atoms with van der Waals surface area (Å²) in [5.41, 5.74) is 0.00704. The minimum absolute atomic E-state index is 0.00704. The molecular formula is C7H13NO2. The summed E-state index contributed by atoms with van der Waals surface area (Å²) >= 11 is 0. The lowest BCUT2D eigenvalue weighted by Crippen LogP contribution is -2.35. The van der Waals surface area contributed by atoms with E-state index in [9.17, 15) is 4.79 Å². The van der Waals surface area contributed by atoms with Gasteiger partial charge in [0.2, 0.25) is 0 Å². The molecule has 0 aromatic rings. The van der Waals surface area contributed by atoms with E-state index < -0.39 is 0 Å². The molecule has 0 radical (unpaired) electrons. The SMILES string of the molecule is COC(=O)NC1(C)CC1C. The maximum absolute atomic E-state index is 10.7. The molecule has 10 heavy (non-hydrogen) atoms. The van der Waals surface area contributed by atoms with Crippen LogP contribution in [0.15, 0.2) is 0 Å². The number of hydrogen-bond donors (Lipinski definition) is 1. The first-order chi connectivity index (χ1) is 4.58. The fourth-order valence-electron chi connectivity index (χ4n) is 1.04. The Morgan fingerprint density at radius 2 is 2.30 bits per heavy atom. The lowest BCUT2D eigenvalue weighted by molar-refractivity contribution is 0.165. The molecule has 2 atom stereocenters. The zero-order chi connectivity index (χ0) is 7.78. The monoisotopic (exact) mass is 143 g/mol. The fourth-order valence-corrected chi connectivity index (χ4v) is 1.04. The van der Waals surface area contributed by atoms with Gasteiger partial charge in [-0.2, -0.15) is 0 Å². The molecular weight excluding hydrogens is 130 g/mol. The molecule has 1 aliphatic carbocycles. The normalized spacial score (nSPS) is 36.9. The molecule has 1 N–H and O–H groups in total. The van der Waals surface area contributed by atoms with Crippen molar-refractivity contribution < 1.29 is 9.53 Å². The van der Waals surface area contributed by atoms with Crippen LogP contribution < -0.4 is 5.32 Å². The molecule has 0 aromatic carbocycles. The van der Waals surface area contributed by atoms with Gasteiger partial charge in [-0.3, -0.25) is 0 Å². The number of carbonyl (C=O) groups is 1. The Morgan fingerprint density at radius 3 is 2.60 bits per heavy atom. The quantitative estimate of drug-likeness (QED) is 0.597. The summed E-state index contributed by atoms with van der Waals surface area (Å²) in [6.45, 7) is 4.13. The Bertz CT molecular complexity index is 158. The van der Waals surface area contributed by atoms with Crippen LogP contribution >= 0.6 is 0 Å². The molecule has 0 bridgehead atoms. The lowest BCUT2D eigenvalue weighted by Gasteiger charge is -2.10. The number of carbonyl (C=O) groups excluding carboxylic acids is 1. The van der Waals surface area contributed by atoms with Crippen molar-refractivity contribution in [2.24, 2.45) is 5.92 Å². The molecule has 0 spiro atoms. The van der Waals surface area contributed by atoms with Crippen molar-refractivity contribution in [2.45, 2.75) is 25.8 Å². The van der Waals surface area contributed by atoms with E-state index in [1.165, 1.54) is 7.11 Å².